The average Bonchev–Trinajstić information content (AvgIpc) is 3.09. The highest BCUT2D eigenvalue weighted by Gasteiger charge is 2.25. The number of hydrogen-bond acceptors (Lipinski definition) is 6. The lowest BCUT2D eigenvalue weighted by Crippen LogP contribution is -2.47. The maximum atomic E-state index is 12.5. The molecule has 0 aromatic carbocycles. The highest BCUT2D eigenvalue weighted by molar-refractivity contribution is 7.16. The Labute approximate surface area is 176 Å². The van der Waals surface area contributed by atoms with Crippen molar-refractivity contribution in [2.45, 2.75) is 32.6 Å². The molecule has 1 amide bonds. The third-order valence-electron chi connectivity index (χ3n) is 5.88. The summed E-state index contributed by atoms with van der Waals surface area (Å²) in [5, 5.41) is 13.3. The van der Waals surface area contributed by atoms with Crippen LogP contribution in [0, 0.1) is 17.2 Å². The van der Waals surface area contributed by atoms with Crippen molar-refractivity contribution in [2.75, 3.05) is 42.9 Å². The monoisotopic (exact) mass is 409 g/mol. The summed E-state index contributed by atoms with van der Waals surface area (Å²) < 4.78 is 0. The average molecular weight is 410 g/mol. The molecule has 1 aliphatic heterocycles. The largest absolute Gasteiger partial charge is 0.354 e. The second-order valence-corrected chi connectivity index (χ2v) is 9.09. The van der Waals surface area contributed by atoms with Crippen LogP contribution in [0.15, 0.2) is 24.4 Å². The molecule has 2 aliphatic rings. The van der Waals surface area contributed by atoms with Gasteiger partial charge in [-0.15, -0.1) is 11.3 Å². The van der Waals surface area contributed by atoms with Gasteiger partial charge < -0.3 is 10.2 Å². The van der Waals surface area contributed by atoms with Crippen molar-refractivity contribution in [3.05, 3.63) is 40.4 Å². The Hall–Kier alpha value is -2.43. The van der Waals surface area contributed by atoms with Crippen LogP contribution in [0.1, 0.15) is 35.8 Å². The van der Waals surface area contributed by atoms with Gasteiger partial charge in [0.1, 0.15) is 16.9 Å². The Balaban J connectivity index is 1.28. The van der Waals surface area contributed by atoms with Crippen LogP contribution in [0.5, 0.6) is 0 Å². The van der Waals surface area contributed by atoms with Crippen LogP contribution >= 0.6 is 11.3 Å². The molecule has 0 spiro atoms. The van der Waals surface area contributed by atoms with Gasteiger partial charge in [-0.2, -0.15) is 5.26 Å². The Morgan fingerprint density at radius 1 is 1.34 bits per heavy atom. The van der Waals surface area contributed by atoms with Crippen LogP contribution in [0.25, 0.3) is 0 Å². The summed E-state index contributed by atoms with van der Waals surface area (Å²) in [5.41, 5.74) is 1.85. The maximum Gasteiger partial charge on any atom is 0.226 e. The van der Waals surface area contributed by atoms with Crippen LogP contribution in [0.2, 0.25) is 0 Å². The second kappa shape index (κ2) is 8.93. The molecule has 152 valence electrons. The third-order valence-corrected chi connectivity index (χ3v) is 7.05. The van der Waals surface area contributed by atoms with Crippen LogP contribution in [-0.2, 0) is 17.6 Å². The van der Waals surface area contributed by atoms with E-state index in [0.717, 1.165) is 68.4 Å². The molecule has 2 aromatic heterocycles. The number of pyridine rings is 1. The van der Waals surface area contributed by atoms with E-state index in [2.05, 4.69) is 33.1 Å². The summed E-state index contributed by atoms with van der Waals surface area (Å²) in [6.07, 6.45) is 5.37. The van der Waals surface area contributed by atoms with Crippen molar-refractivity contribution < 1.29 is 4.79 Å². The third kappa shape index (κ3) is 4.60. The zero-order chi connectivity index (χ0) is 20.2. The van der Waals surface area contributed by atoms with Crippen LogP contribution in [0.4, 0.5) is 10.8 Å². The van der Waals surface area contributed by atoms with Crippen LogP contribution in [-0.4, -0.2) is 48.5 Å². The van der Waals surface area contributed by atoms with E-state index in [1.807, 2.05) is 24.4 Å². The number of nitrogens with one attached hydrogen (secondary N) is 1. The predicted octanol–water partition coefficient (Wildman–Crippen LogP) is 3.29. The van der Waals surface area contributed by atoms with Crippen molar-refractivity contribution in [1.29, 1.82) is 5.26 Å². The second-order valence-electron chi connectivity index (χ2n) is 7.98. The molecule has 1 atom stereocenters. The van der Waals surface area contributed by atoms with Gasteiger partial charge in [0.2, 0.25) is 5.91 Å². The molecule has 29 heavy (non-hydrogen) atoms. The quantitative estimate of drug-likeness (QED) is 0.820. The van der Waals surface area contributed by atoms with E-state index in [1.165, 1.54) is 4.88 Å². The minimum atomic E-state index is 0.000279. The zero-order valence-corrected chi connectivity index (χ0v) is 17.7. The van der Waals surface area contributed by atoms with E-state index >= 15 is 0 Å². The molecule has 6 nitrogen and oxygen atoms in total. The number of anilines is 2. The fourth-order valence-electron chi connectivity index (χ4n) is 4.15. The molecule has 2 aromatic rings. The van der Waals surface area contributed by atoms with Gasteiger partial charge in [0.25, 0.3) is 0 Å². The number of aromatic nitrogens is 1. The predicted molar refractivity (Wildman–Crippen MR) is 116 cm³/mol. The highest BCUT2D eigenvalue weighted by Crippen LogP contribution is 2.39. The molecule has 0 radical (unpaired) electrons. The molecule has 7 heteroatoms. The summed E-state index contributed by atoms with van der Waals surface area (Å²) in [5.74, 6) is 1.67. The molecule has 0 bridgehead atoms. The molecule has 0 unspecified atom stereocenters. The number of carbonyl (C=O) groups excluding carboxylic acids is 1. The van der Waals surface area contributed by atoms with E-state index in [1.54, 1.807) is 11.3 Å². The number of fused-ring (bicyclic) bond motifs is 1. The Kier molecular flexibility index (Phi) is 6.12. The molecular formula is C22H27N5OS. The van der Waals surface area contributed by atoms with Crippen molar-refractivity contribution in [1.82, 2.24) is 9.88 Å². The molecule has 1 fully saturated rings. The molecule has 1 saturated heterocycles. The van der Waals surface area contributed by atoms with Crippen molar-refractivity contribution >= 4 is 28.1 Å². The summed E-state index contributed by atoms with van der Waals surface area (Å²) in [6.45, 7) is 6.70. The van der Waals surface area contributed by atoms with Crippen molar-refractivity contribution in [3.8, 4) is 6.07 Å². The first-order valence-electron chi connectivity index (χ1n) is 10.4. The SMILES string of the molecule is C[C@H]1CCc2c(sc(NC(=O)CCN3CCN(c4ccccn4)CC3)c2C#N)C1. The molecular weight excluding hydrogens is 382 g/mol. The van der Waals surface area contributed by atoms with E-state index in [9.17, 15) is 10.1 Å². The normalized spacial score (nSPS) is 19.4. The fraction of sp³-hybridized carbons (Fsp3) is 0.500. The number of thiophene rings is 1. The van der Waals surface area contributed by atoms with Crippen molar-refractivity contribution in [2.24, 2.45) is 5.92 Å². The summed E-state index contributed by atoms with van der Waals surface area (Å²) in [6, 6.07) is 8.31. The molecule has 1 N–H and O–H groups in total. The summed E-state index contributed by atoms with van der Waals surface area (Å²) in [7, 11) is 0. The fourth-order valence-corrected chi connectivity index (χ4v) is 5.52. The number of carbonyl (C=O) groups is 1. The van der Waals surface area contributed by atoms with Gasteiger partial charge in [0, 0.05) is 50.2 Å². The van der Waals surface area contributed by atoms with Gasteiger partial charge in [0.15, 0.2) is 0 Å². The molecule has 1 aliphatic carbocycles. The first-order valence-corrected chi connectivity index (χ1v) is 11.2. The maximum absolute atomic E-state index is 12.5. The number of rotatable bonds is 5. The lowest BCUT2D eigenvalue weighted by atomic mass is 9.89. The van der Waals surface area contributed by atoms with Gasteiger partial charge in [-0.1, -0.05) is 13.0 Å². The molecule has 4 rings (SSSR count). The number of nitriles is 1. The van der Waals surface area contributed by atoms with Crippen molar-refractivity contribution in [3.63, 3.8) is 0 Å². The van der Waals surface area contributed by atoms with Gasteiger partial charge in [-0.3, -0.25) is 9.69 Å². The summed E-state index contributed by atoms with van der Waals surface area (Å²) in [4.78, 5) is 22.8. The van der Waals surface area contributed by atoms with E-state index in [0.29, 0.717) is 17.9 Å². The van der Waals surface area contributed by atoms with Gasteiger partial charge in [-0.25, -0.2) is 4.98 Å². The van der Waals surface area contributed by atoms with E-state index in [-0.39, 0.29) is 5.91 Å². The lowest BCUT2D eigenvalue weighted by molar-refractivity contribution is -0.116. The minimum absolute atomic E-state index is 0.000279. The minimum Gasteiger partial charge on any atom is -0.354 e. The topological polar surface area (TPSA) is 72.3 Å². The number of amides is 1. The number of nitrogens with zero attached hydrogens (tertiary/aromatic N) is 4. The van der Waals surface area contributed by atoms with Crippen LogP contribution < -0.4 is 10.2 Å². The lowest BCUT2D eigenvalue weighted by Gasteiger charge is -2.35. The Bertz CT molecular complexity index is 896. The van der Waals surface area contributed by atoms with Gasteiger partial charge in [-0.05, 0) is 42.9 Å². The molecule has 0 saturated carbocycles. The standard InChI is InChI=1S/C22H27N5OS/c1-16-5-6-17-18(15-23)22(29-19(17)14-16)25-21(28)7-9-26-10-12-27(13-11-26)20-4-2-3-8-24-20/h2-4,8,16H,5-7,9-14H2,1H3,(H,25,28)/t16-/m0/s1. The molecule has 3 heterocycles. The van der Waals surface area contributed by atoms with Gasteiger partial charge >= 0.3 is 0 Å². The first kappa shape index (κ1) is 19.9. The first-order chi connectivity index (χ1) is 14.1. The van der Waals surface area contributed by atoms with E-state index < -0.39 is 0 Å². The van der Waals surface area contributed by atoms with Gasteiger partial charge in [0.05, 0.1) is 5.56 Å². The highest BCUT2D eigenvalue weighted by atomic mass is 32.1. The van der Waals surface area contributed by atoms with Crippen LogP contribution in [0.3, 0.4) is 0 Å². The summed E-state index contributed by atoms with van der Waals surface area (Å²) >= 11 is 1.60. The Morgan fingerprint density at radius 3 is 2.90 bits per heavy atom. The Morgan fingerprint density at radius 2 is 2.17 bits per heavy atom. The van der Waals surface area contributed by atoms with E-state index in [4.69, 9.17) is 0 Å². The number of hydrogen-bond donors (Lipinski definition) is 1. The number of piperazine rings is 1. The zero-order valence-electron chi connectivity index (χ0n) is 16.9. The smallest absolute Gasteiger partial charge is 0.226 e.